The van der Waals surface area contributed by atoms with Crippen molar-refractivity contribution in [2.75, 3.05) is 13.3 Å². The zero-order valence-corrected chi connectivity index (χ0v) is 12.6. The van der Waals surface area contributed by atoms with Crippen LogP contribution in [0.15, 0.2) is 0 Å². The molecule has 2 N–H and O–H groups in total. The molecule has 4 nitrogen and oxygen atoms in total. The summed E-state index contributed by atoms with van der Waals surface area (Å²) in [7, 11) is -2.33. The maximum atomic E-state index is 10.5. The van der Waals surface area contributed by atoms with Crippen molar-refractivity contribution in [3.63, 3.8) is 0 Å². The Bertz CT molecular complexity index is 214. The van der Waals surface area contributed by atoms with Crippen LogP contribution in [0.2, 0.25) is 0 Å². The smallest absolute Gasteiger partial charge is 0.107 e. The largest absolute Gasteiger partial charge is 0.429 e. The van der Waals surface area contributed by atoms with Crippen LogP contribution in [0.25, 0.3) is 0 Å². The van der Waals surface area contributed by atoms with Crippen molar-refractivity contribution < 1.29 is 9.13 Å². The second-order valence-electron chi connectivity index (χ2n) is 4.64. The quantitative estimate of drug-likeness (QED) is 0.756. The van der Waals surface area contributed by atoms with Gasteiger partial charge < -0.3 is 0 Å². The van der Waals surface area contributed by atoms with Crippen LogP contribution in [0.3, 0.4) is 0 Å². The predicted octanol–water partition coefficient (Wildman–Crippen LogP) is 4.38. The molecule has 2 atom stereocenters. The Morgan fingerprint density at radius 1 is 0.941 bits per heavy atom. The van der Waals surface area contributed by atoms with Crippen molar-refractivity contribution in [2.45, 2.75) is 61.1 Å². The van der Waals surface area contributed by atoms with Crippen molar-refractivity contribution in [1.29, 1.82) is 0 Å². The number of rotatable bonds is 3. The molecule has 0 bridgehead atoms. The molecule has 0 aromatic rings. The fraction of sp³-hybridized carbons (Fsp3) is 1.00. The zero-order valence-electron chi connectivity index (χ0n) is 10.8. The number of nitrogens with one attached hydrogen (secondary N) is 2. The fourth-order valence-electron chi connectivity index (χ4n) is 0.836. The molecule has 0 spiro atoms. The van der Waals surface area contributed by atoms with Gasteiger partial charge in [-0.15, -0.1) is 10.2 Å². The first-order valence-electron chi connectivity index (χ1n) is 4.90. The zero-order chi connectivity index (χ0) is 12.6. The predicted molar refractivity (Wildman–Crippen MR) is 81.7 cm³/mol. The first-order chi connectivity index (χ1) is 6.54. The average molecular weight is 286 g/mol. The molecule has 0 aromatic heterocycles. The molecule has 0 aliphatic rings. The highest BCUT2D eigenvalue weighted by Gasteiger charge is 2.18. The summed E-state index contributed by atoms with van der Waals surface area (Å²) in [6, 6.07) is 0.341. The van der Waals surface area contributed by atoms with E-state index in [2.05, 4.69) is 10.2 Å². The maximum Gasteiger partial charge on any atom is 0.429 e. The molecule has 0 rings (SSSR count). The first-order valence-corrected chi connectivity index (χ1v) is 8.31. The van der Waals surface area contributed by atoms with Crippen LogP contribution in [-0.2, 0) is 9.13 Å². The fourth-order valence-corrected chi connectivity index (χ4v) is 2.51. The minimum atomic E-state index is -1.19. The topological polar surface area (TPSA) is 58.2 Å². The van der Waals surface area contributed by atoms with E-state index in [0.29, 0.717) is 6.04 Å². The SMILES string of the molecule is C.C.CC(C)N[P+](C)=O.C[P+](=O)NC(C)(C)C. The van der Waals surface area contributed by atoms with Crippen molar-refractivity contribution in [3.05, 3.63) is 0 Å². The van der Waals surface area contributed by atoms with Gasteiger partial charge in [-0.3, -0.25) is 0 Å². The average Bonchev–Trinajstić information content (AvgIpc) is 1.76. The lowest BCUT2D eigenvalue weighted by Crippen LogP contribution is -2.29. The first kappa shape index (κ1) is 25.8. The van der Waals surface area contributed by atoms with Gasteiger partial charge in [-0.05, 0) is 34.6 Å². The third-order valence-electron chi connectivity index (χ3n) is 0.933. The molecule has 6 heteroatoms. The normalized spacial score (nSPS) is 11.5. The van der Waals surface area contributed by atoms with Crippen LogP contribution < -0.4 is 10.2 Å². The van der Waals surface area contributed by atoms with Crippen molar-refractivity contribution >= 4 is 15.9 Å². The molecule has 0 aliphatic heterocycles. The van der Waals surface area contributed by atoms with Crippen molar-refractivity contribution in [2.24, 2.45) is 0 Å². The Labute approximate surface area is 110 Å². The van der Waals surface area contributed by atoms with E-state index in [-0.39, 0.29) is 20.4 Å². The van der Waals surface area contributed by atoms with Crippen LogP contribution in [0, 0.1) is 0 Å². The minimum absolute atomic E-state index is 0. The summed E-state index contributed by atoms with van der Waals surface area (Å²) in [6.07, 6.45) is 0. The Hall–Kier alpha value is 0.120. The van der Waals surface area contributed by atoms with E-state index >= 15 is 0 Å². The van der Waals surface area contributed by atoms with E-state index in [4.69, 9.17) is 0 Å². The lowest BCUT2D eigenvalue weighted by Gasteiger charge is -2.10. The molecule has 0 radical (unpaired) electrons. The summed E-state index contributed by atoms with van der Waals surface area (Å²) >= 11 is 0. The van der Waals surface area contributed by atoms with Gasteiger partial charge in [0.25, 0.3) is 0 Å². The summed E-state index contributed by atoms with van der Waals surface area (Å²) in [4.78, 5) is 0. The highest BCUT2D eigenvalue weighted by atomic mass is 31.1. The lowest BCUT2D eigenvalue weighted by molar-refractivity contribution is 0.503. The minimum Gasteiger partial charge on any atom is -0.107 e. The summed E-state index contributed by atoms with van der Waals surface area (Å²) in [5, 5.41) is 5.71. The molecule has 17 heavy (non-hydrogen) atoms. The second-order valence-corrected chi connectivity index (χ2v) is 7.11. The van der Waals surface area contributed by atoms with Gasteiger partial charge in [0.05, 0.1) is 5.54 Å². The van der Waals surface area contributed by atoms with E-state index in [1.54, 1.807) is 13.3 Å². The van der Waals surface area contributed by atoms with Gasteiger partial charge in [-0.2, -0.15) is 0 Å². The highest BCUT2D eigenvalue weighted by molar-refractivity contribution is 7.41. The van der Waals surface area contributed by atoms with Gasteiger partial charge in [0, 0.05) is 6.04 Å². The number of hydrogen-bond donors (Lipinski definition) is 2. The summed E-state index contributed by atoms with van der Waals surface area (Å²) in [5.74, 6) is 0. The molecular weight excluding hydrogens is 254 g/mol. The molecular formula is C11H32N2O2P2+2. The molecule has 0 aliphatic carbocycles. The summed E-state index contributed by atoms with van der Waals surface area (Å²) < 4.78 is 20.8. The van der Waals surface area contributed by atoms with Crippen molar-refractivity contribution in [1.82, 2.24) is 10.2 Å². The van der Waals surface area contributed by atoms with E-state index in [1.165, 1.54) is 0 Å². The Balaban J connectivity index is -0.0000000896. The van der Waals surface area contributed by atoms with E-state index < -0.39 is 15.9 Å². The Morgan fingerprint density at radius 2 is 1.29 bits per heavy atom. The molecule has 0 saturated heterocycles. The van der Waals surface area contributed by atoms with Gasteiger partial charge in [0.15, 0.2) is 13.3 Å². The van der Waals surface area contributed by atoms with Gasteiger partial charge >= 0.3 is 15.9 Å². The highest BCUT2D eigenvalue weighted by Crippen LogP contribution is 2.13. The van der Waals surface area contributed by atoms with Crippen molar-refractivity contribution in [3.8, 4) is 0 Å². The molecule has 2 unspecified atom stereocenters. The van der Waals surface area contributed by atoms with Crippen LogP contribution in [0.1, 0.15) is 49.5 Å². The van der Waals surface area contributed by atoms with Crippen LogP contribution in [-0.4, -0.2) is 24.9 Å². The second kappa shape index (κ2) is 12.6. The Morgan fingerprint density at radius 3 is 1.29 bits per heavy atom. The molecule has 0 saturated carbocycles. The van der Waals surface area contributed by atoms with Gasteiger partial charge in [0.2, 0.25) is 0 Å². The van der Waals surface area contributed by atoms with Gasteiger partial charge in [0.1, 0.15) is 0 Å². The monoisotopic (exact) mass is 286 g/mol. The lowest BCUT2D eigenvalue weighted by atomic mass is 10.1. The molecule has 0 amide bonds. The third kappa shape index (κ3) is 38.6. The van der Waals surface area contributed by atoms with Crippen LogP contribution in [0.4, 0.5) is 0 Å². The maximum absolute atomic E-state index is 10.5. The van der Waals surface area contributed by atoms with E-state index in [9.17, 15) is 9.13 Å². The third-order valence-corrected chi connectivity index (χ3v) is 2.80. The van der Waals surface area contributed by atoms with Gasteiger partial charge in [-0.1, -0.05) is 24.0 Å². The van der Waals surface area contributed by atoms with E-state index in [1.807, 2.05) is 34.6 Å². The van der Waals surface area contributed by atoms with Gasteiger partial charge in [-0.25, -0.2) is 0 Å². The van der Waals surface area contributed by atoms with Crippen LogP contribution in [0.5, 0.6) is 0 Å². The summed E-state index contributed by atoms with van der Waals surface area (Å²) in [5.41, 5.74) is -0.0117. The standard InChI is InChI=1S/C5H13NOP.C4H11NOP.2CH4/c1-5(2,3)6-8(4)7;1-4(2)5-7(3)6;;/h1-4H3,(H,6,7);4H,1-3H3,(H,5,6);2*1H4/q2*+1;;. The molecule has 0 fully saturated rings. The Kier molecular flexibility index (Phi) is 19.1. The van der Waals surface area contributed by atoms with Crippen LogP contribution >= 0.6 is 15.9 Å². The number of hydrogen-bond acceptors (Lipinski definition) is 2. The summed E-state index contributed by atoms with van der Waals surface area (Å²) in [6.45, 7) is 13.2. The molecule has 0 heterocycles. The molecule has 106 valence electrons. The van der Waals surface area contributed by atoms with E-state index in [0.717, 1.165) is 0 Å². The molecule has 0 aromatic carbocycles.